The van der Waals surface area contributed by atoms with Gasteiger partial charge < -0.3 is 5.32 Å². The third kappa shape index (κ3) is 4.24. The maximum atomic E-state index is 12.4. The van der Waals surface area contributed by atoms with Gasteiger partial charge in [0.1, 0.15) is 0 Å². The average Bonchev–Trinajstić information content (AvgIpc) is 3.06. The van der Waals surface area contributed by atoms with E-state index >= 15 is 0 Å². The van der Waals surface area contributed by atoms with Crippen molar-refractivity contribution in [3.8, 4) is 0 Å². The topological polar surface area (TPSA) is 32.3 Å². The molecule has 126 valence electrons. The molecule has 1 amide bonds. The summed E-state index contributed by atoms with van der Waals surface area (Å²) in [5.41, 5.74) is 5.45. The average molecular weight is 322 g/mol. The van der Waals surface area contributed by atoms with E-state index in [1.165, 1.54) is 37.1 Å². The molecule has 0 unspecified atom stereocenters. The highest BCUT2D eigenvalue weighted by atomic mass is 16.1. The van der Waals surface area contributed by atoms with Gasteiger partial charge >= 0.3 is 0 Å². The van der Waals surface area contributed by atoms with E-state index in [0.717, 1.165) is 23.2 Å². The van der Waals surface area contributed by atoms with Crippen LogP contribution in [0.15, 0.2) is 42.5 Å². The van der Waals surface area contributed by atoms with Gasteiger partial charge in [0, 0.05) is 18.7 Å². The van der Waals surface area contributed by atoms with Crippen molar-refractivity contribution in [2.75, 3.05) is 13.1 Å². The van der Waals surface area contributed by atoms with Gasteiger partial charge in [-0.1, -0.05) is 42.0 Å². The fourth-order valence-electron chi connectivity index (χ4n) is 3.38. The third-order valence-corrected chi connectivity index (χ3v) is 4.68. The standard InChI is InChI=1S/C21H26N2O/c1-16-8-9-20(17(2)12-16)21(24)22-14-18-6-5-7-19(13-18)15-23-10-3-4-11-23/h5-9,12-13H,3-4,10-11,14-15H2,1-2H3,(H,22,24). The predicted octanol–water partition coefficient (Wildman–Crippen LogP) is 3.83. The van der Waals surface area contributed by atoms with E-state index in [0.29, 0.717) is 6.54 Å². The first-order valence-electron chi connectivity index (χ1n) is 8.77. The summed E-state index contributed by atoms with van der Waals surface area (Å²) >= 11 is 0. The van der Waals surface area contributed by atoms with Crippen molar-refractivity contribution in [3.05, 3.63) is 70.3 Å². The molecular formula is C21H26N2O. The predicted molar refractivity (Wildman–Crippen MR) is 98.0 cm³/mol. The number of hydrogen-bond donors (Lipinski definition) is 1. The molecule has 0 aliphatic carbocycles. The molecular weight excluding hydrogens is 296 g/mol. The summed E-state index contributed by atoms with van der Waals surface area (Å²) in [6.45, 7) is 8.01. The highest BCUT2D eigenvalue weighted by molar-refractivity contribution is 5.95. The lowest BCUT2D eigenvalue weighted by Gasteiger charge is -2.15. The van der Waals surface area contributed by atoms with Crippen molar-refractivity contribution in [2.45, 2.75) is 39.8 Å². The number of likely N-dealkylation sites (tertiary alicyclic amines) is 1. The third-order valence-electron chi connectivity index (χ3n) is 4.68. The van der Waals surface area contributed by atoms with E-state index in [1.807, 2.05) is 32.0 Å². The van der Waals surface area contributed by atoms with Gasteiger partial charge in [0.15, 0.2) is 0 Å². The molecule has 1 N–H and O–H groups in total. The normalized spacial score (nSPS) is 14.8. The fourth-order valence-corrected chi connectivity index (χ4v) is 3.38. The molecule has 0 spiro atoms. The summed E-state index contributed by atoms with van der Waals surface area (Å²) in [5.74, 6) is -0.00236. The Bertz CT molecular complexity index is 718. The highest BCUT2D eigenvalue weighted by Gasteiger charge is 2.12. The molecule has 1 aliphatic rings. The van der Waals surface area contributed by atoms with E-state index in [1.54, 1.807) is 0 Å². The summed E-state index contributed by atoms with van der Waals surface area (Å²) in [6, 6.07) is 14.5. The molecule has 2 aromatic carbocycles. The summed E-state index contributed by atoms with van der Waals surface area (Å²) in [4.78, 5) is 14.9. The summed E-state index contributed by atoms with van der Waals surface area (Å²) < 4.78 is 0. The molecule has 2 aromatic rings. The second-order valence-corrected chi connectivity index (χ2v) is 6.80. The van der Waals surface area contributed by atoms with Crippen molar-refractivity contribution in [3.63, 3.8) is 0 Å². The van der Waals surface area contributed by atoms with Crippen LogP contribution in [-0.4, -0.2) is 23.9 Å². The minimum absolute atomic E-state index is 0.00236. The molecule has 0 radical (unpaired) electrons. The zero-order valence-corrected chi connectivity index (χ0v) is 14.6. The first kappa shape index (κ1) is 16.7. The molecule has 1 saturated heterocycles. The van der Waals surface area contributed by atoms with Gasteiger partial charge in [-0.3, -0.25) is 9.69 Å². The Kier molecular flexibility index (Phi) is 5.31. The van der Waals surface area contributed by atoms with Crippen LogP contribution < -0.4 is 5.32 Å². The lowest BCUT2D eigenvalue weighted by atomic mass is 10.0. The number of aryl methyl sites for hydroxylation is 2. The van der Waals surface area contributed by atoms with Gasteiger partial charge in [-0.05, 0) is 62.5 Å². The van der Waals surface area contributed by atoms with Gasteiger partial charge in [-0.25, -0.2) is 0 Å². The van der Waals surface area contributed by atoms with Crippen molar-refractivity contribution in [1.82, 2.24) is 10.2 Å². The Morgan fingerprint density at radius 2 is 1.79 bits per heavy atom. The lowest BCUT2D eigenvalue weighted by molar-refractivity contribution is 0.0950. The fraction of sp³-hybridized carbons (Fsp3) is 0.381. The van der Waals surface area contributed by atoms with Crippen LogP contribution in [0.25, 0.3) is 0 Å². The summed E-state index contributed by atoms with van der Waals surface area (Å²) in [5, 5.41) is 3.04. The number of rotatable bonds is 5. The number of carbonyl (C=O) groups excluding carboxylic acids is 1. The molecule has 1 aliphatic heterocycles. The maximum Gasteiger partial charge on any atom is 0.251 e. The van der Waals surface area contributed by atoms with Crippen LogP contribution in [-0.2, 0) is 13.1 Å². The largest absolute Gasteiger partial charge is 0.348 e. The quantitative estimate of drug-likeness (QED) is 0.907. The molecule has 0 atom stereocenters. The Labute approximate surface area is 144 Å². The molecule has 1 fully saturated rings. The summed E-state index contributed by atoms with van der Waals surface area (Å²) in [6.07, 6.45) is 2.62. The van der Waals surface area contributed by atoms with Crippen molar-refractivity contribution in [2.24, 2.45) is 0 Å². The molecule has 3 heteroatoms. The van der Waals surface area contributed by atoms with E-state index in [4.69, 9.17) is 0 Å². The van der Waals surface area contributed by atoms with E-state index in [2.05, 4.69) is 34.5 Å². The highest BCUT2D eigenvalue weighted by Crippen LogP contribution is 2.14. The molecule has 0 bridgehead atoms. The zero-order chi connectivity index (χ0) is 16.9. The minimum Gasteiger partial charge on any atom is -0.348 e. The zero-order valence-electron chi connectivity index (χ0n) is 14.6. The van der Waals surface area contributed by atoms with Crippen molar-refractivity contribution < 1.29 is 4.79 Å². The monoisotopic (exact) mass is 322 g/mol. The molecule has 1 heterocycles. The van der Waals surface area contributed by atoms with E-state index in [9.17, 15) is 4.79 Å². The van der Waals surface area contributed by atoms with Gasteiger partial charge in [-0.2, -0.15) is 0 Å². The minimum atomic E-state index is -0.00236. The number of hydrogen-bond acceptors (Lipinski definition) is 2. The second-order valence-electron chi connectivity index (χ2n) is 6.80. The number of carbonyl (C=O) groups is 1. The van der Waals surface area contributed by atoms with Crippen LogP contribution in [0, 0.1) is 13.8 Å². The van der Waals surface area contributed by atoms with Crippen molar-refractivity contribution >= 4 is 5.91 Å². The number of nitrogens with one attached hydrogen (secondary N) is 1. The first-order chi connectivity index (χ1) is 11.6. The Morgan fingerprint density at radius 3 is 2.54 bits per heavy atom. The smallest absolute Gasteiger partial charge is 0.251 e. The number of amides is 1. The summed E-state index contributed by atoms with van der Waals surface area (Å²) in [7, 11) is 0. The van der Waals surface area contributed by atoms with Gasteiger partial charge in [0.25, 0.3) is 5.91 Å². The van der Waals surface area contributed by atoms with E-state index < -0.39 is 0 Å². The Hall–Kier alpha value is -2.13. The SMILES string of the molecule is Cc1ccc(C(=O)NCc2cccc(CN3CCCC3)c2)c(C)c1. The molecule has 3 nitrogen and oxygen atoms in total. The van der Waals surface area contributed by atoms with Crippen LogP contribution in [0.4, 0.5) is 0 Å². The van der Waals surface area contributed by atoms with E-state index in [-0.39, 0.29) is 5.91 Å². The number of nitrogens with zero attached hydrogens (tertiary/aromatic N) is 1. The van der Waals surface area contributed by atoms with Gasteiger partial charge in [-0.15, -0.1) is 0 Å². The molecule has 3 rings (SSSR count). The number of benzene rings is 2. The Morgan fingerprint density at radius 1 is 1.04 bits per heavy atom. The van der Waals surface area contributed by atoms with Crippen LogP contribution >= 0.6 is 0 Å². The lowest BCUT2D eigenvalue weighted by Crippen LogP contribution is -2.24. The van der Waals surface area contributed by atoms with Crippen LogP contribution in [0.5, 0.6) is 0 Å². The second kappa shape index (κ2) is 7.63. The molecule has 0 saturated carbocycles. The van der Waals surface area contributed by atoms with Gasteiger partial charge in [0.2, 0.25) is 0 Å². The van der Waals surface area contributed by atoms with Crippen LogP contribution in [0.3, 0.4) is 0 Å². The Balaban J connectivity index is 1.60. The van der Waals surface area contributed by atoms with Crippen LogP contribution in [0.2, 0.25) is 0 Å². The van der Waals surface area contributed by atoms with Gasteiger partial charge in [0.05, 0.1) is 0 Å². The maximum absolute atomic E-state index is 12.4. The molecule has 0 aromatic heterocycles. The molecule has 24 heavy (non-hydrogen) atoms. The van der Waals surface area contributed by atoms with Crippen molar-refractivity contribution in [1.29, 1.82) is 0 Å². The van der Waals surface area contributed by atoms with Crippen LogP contribution in [0.1, 0.15) is 45.5 Å². The first-order valence-corrected chi connectivity index (χ1v) is 8.77.